The summed E-state index contributed by atoms with van der Waals surface area (Å²) in [5.74, 6) is -1.54. The molecule has 14 heavy (non-hydrogen) atoms. The Morgan fingerprint density at radius 2 is 1.93 bits per heavy atom. The zero-order chi connectivity index (χ0) is 11.4. The SMILES string of the molecule is CC(C)O[PH](=O)C(C#N)OS(C)(=O)=O. The molecular formula is C6H12NO5PS. The highest BCUT2D eigenvalue weighted by molar-refractivity contribution is 7.86. The first-order valence-corrected chi connectivity index (χ1v) is 6.95. The Bertz CT molecular complexity index is 344. The molecule has 0 heterocycles. The first-order chi connectivity index (χ1) is 6.26. The van der Waals surface area contributed by atoms with Gasteiger partial charge in [0.2, 0.25) is 13.9 Å². The fourth-order valence-corrected chi connectivity index (χ4v) is 2.51. The van der Waals surface area contributed by atoms with Crippen molar-refractivity contribution in [1.29, 1.82) is 5.26 Å². The van der Waals surface area contributed by atoms with E-state index >= 15 is 0 Å². The average molecular weight is 241 g/mol. The van der Waals surface area contributed by atoms with Crippen LogP contribution in [0.1, 0.15) is 13.8 Å². The molecule has 0 saturated heterocycles. The van der Waals surface area contributed by atoms with E-state index in [0.717, 1.165) is 6.26 Å². The van der Waals surface area contributed by atoms with Crippen LogP contribution in [0.2, 0.25) is 0 Å². The lowest BCUT2D eigenvalue weighted by Crippen LogP contribution is -2.14. The van der Waals surface area contributed by atoms with E-state index in [1.807, 2.05) is 0 Å². The largest absolute Gasteiger partial charge is 0.325 e. The van der Waals surface area contributed by atoms with Crippen LogP contribution in [0.5, 0.6) is 0 Å². The van der Waals surface area contributed by atoms with Crippen LogP contribution >= 0.6 is 8.03 Å². The summed E-state index contributed by atoms with van der Waals surface area (Å²) >= 11 is 0. The number of nitrogens with zero attached hydrogens (tertiary/aromatic N) is 1. The van der Waals surface area contributed by atoms with E-state index in [0.29, 0.717) is 0 Å². The van der Waals surface area contributed by atoms with Crippen molar-refractivity contribution < 1.29 is 21.7 Å². The van der Waals surface area contributed by atoms with Gasteiger partial charge in [-0.2, -0.15) is 13.7 Å². The van der Waals surface area contributed by atoms with Crippen molar-refractivity contribution in [3.05, 3.63) is 0 Å². The standard InChI is InChI=1S/C6H12NO5PS/c1-5(2)11-13(8)6(4-7)12-14(3,9)10/h5-6,13H,1-3H3. The minimum atomic E-state index is -3.79. The zero-order valence-corrected chi connectivity index (χ0v) is 9.87. The Morgan fingerprint density at radius 3 is 2.21 bits per heavy atom. The van der Waals surface area contributed by atoms with Gasteiger partial charge in [0.15, 0.2) is 0 Å². The Labute approximate surface area is 83.8 Å². The summed E-state index contributed by atoms with van der Waals surface area (Å²) in [5.41, 5.74) is 0. The summed E-state index contributed by atoms with van der Waals surface area (Å²) in [7, 11) is -6.62. The van der Waals surface area contributed by atoms with Crippen molar-refractivity contribution in [3.8, 4) is 6.07 Å². The molecule has 0 aromatic heterocycles. The summed E-state index contributed by atoms with van der Waals surface area (Å²) < 4.78 is 41.5. The molecular weight excluding hydrogens is 229 g/mol. The smallest absolute Gasteiger partial charge is 0.266 e. The fourth-order valence-electron chi connectivity index (χ4n) is 0.582. The second-order valence-corrected chi connectivity index (χ2v) is 5.79. The van der Waals surface area contributed by atoms with Gasteiger partial charge < -0.3 is 4.52 Å². The summed E-state index contributed by atoms with van der Waals surface area (Å²) in [6.45, 7) is 3.24. The number of hydrogen-bond acceptors (Lipinski definition) is 6. The molecule has 0 aliphatic heterocycles. The summed E-state index contributed by atoms with van der Waals surface area (Å²) in [6.07, 6.45) is 0.433. The van der Waals surface area contributed by atoms with Crippen molar-refractivity contribution in [1.82, 2.24) is 0 Å². The van der Waals surface area contributed by atoms with Gasteiger partial charge in [-0.3, -0.25) is 4.57 Å². The summed E-state index contributed by atoms with van der Waals surface area (Å²) in [6, 6.07) is 1.47. The van der Waals surface area contributed by atoms with Gasteiger partial charge >= 0.3 is 0 Å². The predicted molar refractivity (Wildman–Crippen MR) is 50.6 cm³/mol. The van der Waals surface area contributed by atoms with E-state index in [2.05, 4.69) is 4.18 Å². The molecule has 0 aromatic rings. The van der Waals surface area contributed by atoms with Crippen molar-refractivity contribution in [3.63, 3.8) is 0 Å². The number of nitriles is 1. The lowest BCUT2D eigenvalue weighted by molar-refractivity contribution is 0.228. The van der Waals surface area contributed by atoms with Crippen LogP contribution in [-0.2, 0) is 23.4 Å². The minimum absolute atomic E-state index is 0.347. The van der Waals surface area contributed by atoms with E-state index in [1.165, 1.54) is 6.07 Å². The molecule has 0 rings (SSSR count). The molecule has 2 unspecified atom stereocenters. The predicted octanol–water partition coefficient (Wildman–Crippen LogP) is 0.712. The van der Waals surface area contributed by atoms with Crippen LogP contribution in [0.25, 0.3) is 0 Å². The molecule has 0 saturated carbocycles. The molecule has 8 heteroatoms. The lowest BCUT2D eigenvalue weighted by atomic mass is 10.5. The van der Waals surface area contributed by atoms with E-state index < -0.39 is 24.0 Å². The van der Waals surface area contributed by atoms with Crippen LogP contribution in [-0.4, -0.2) is 26.6 Å². The Kier molecular flexibility index (Phi) is 5.31. The molecule has 0 fully saturated rings. The van der Waals surface area contributed by atoms with Crippen LogP contribution in [0, 0.1) is 11.3 Å². The number of rotatable bonds is 5. The van der Waals surface area contributed by atoms with Gasteiger partial charge in [-0.25, -0.2) is 4.18 Å². The highest BCUT2D eigenvalue weighted by Gasteiger charge is 2.23. The van der Waals surface area contributed by atoms with Crippen molar-refractivity contribution in [2.24, 2.45) is 0 Å². The molecule has 6 nitrogen and oxygen atoms in total. The van der Waals surface area contributed by atoms with Crippen LogP contribution in [0.3, 0.4) is 0 Å². The minimum Gasteiger partial charge on any atom is -0.325 e. The second-order valence-electron chi connectivity index (χ2n) is 2.80. The lowest BCUT2D eigenvalue weighted by Gasteiger charge is -2.11. The van der Waals surface area contributed by atoms with Crippen molar-refractivity contribution >= 4 is 18.1 Å². The van der Waals surface area contributed by atoms with Gasteiger partial charge in [-0.1, -0.05) is 0 Å². The molecule has 0 N–H and O–H groups in total. The monoisotopic (exact) mass is 241 g/mol. The van der Waals surface area contributed by atoms with Crippen LogP contribution in [0.4, 0.5) is 0 Å². The third-order valence-corrected chi connectivity index (χ3v) is 3.05. The maximum atomic E-state index is 11.2. The Balaban J connectivity index is 4.45. The van der Waals surface area contributed by atoms with Gasteiger partial charge in [0.05, 0.1) is 12.4 Å². The topological polar surface area (TPSA) is 93.5 Å². The normalized spacial score (nSPS) is 16.2. The highest BCUT2D eigenvalue weighted by Crippen LogP contribution is 2.32. The maximum absolute atomic E-state index is 11.2. The molecule has 0 spiro atoms. The van der Waals surface area contributed by atoms with E-state index in [-0.39, 0.29) is 6.10 Å². The fraction of sp³-hybridized carbons (Fsp3) is 0.833. The number of hydrogen-bond donors (Lipinski definition) is 0. The third kappa shape index (κ3) is 6.11. The van der Waals surface area contributed by atoms with Gasteiger partial charge in [-0.05, 0) is 13.8 Å². The van der Waals surface area contributed by atoms with E-state index in [1.54, 1.807) is 13.8 Å². The van der Waals surface area contributed by atoms with Crippen LogP contribution < -0.4 is 0 Å². The third-order valence-electron chi connectivity index (χ3n) is 0.954. The second kappa shape index (κ2) is 5.47. The zero-order valence-electron chi connectivity index (χ0n) is 8.05. The van der Waals surface area contributed by atoms with Crippen molar-refractivity contribution in [2.75, 3.05) is 6.26 Å². The van der Waals surface area contributed by atoms with Gasteiger partial charge in [0.1, 0.15) is 6.07 Å². The van der Waals surface area contributed by atoms with Crippen molar-refractivity contribution in [2.45, 2.75) is 25.8 Å². The molecule has 0 bridgehead atoms. The molecule has 2 atom stereocenters. The molecule has 0 aromatic carbocycles. The molecule has 0 amide bonds. The summed E-state index contributed by atoms with van der Waals surface area (Å²) in [4.78, 5) is 0. The van der Waals surface area contributed by atoms with Gasteiger partial charge in [-0.15, -0.1) is 0 Å². The van der Waals surface area contributed by atoms with Gasteiger partial charge in [0, 0.05) is 0 Å². The summed E-state index contributed by atoms with van der Waals surface area (Å²) in [5, 5.41) is 8.48. The van der Waals surface area contributed by atoms with Crippen LogP contribution in [0.15, 0.2) is 0 Å². The van der Waals surface area contributed by atoms with E-state index in [4.69, 9.17) is 9.79 Å². The van der Waals surface area contributed by atoms with Gasteiger partial charge in [0.25, 0.3) is 10.1 Å². The molecule has 82 valence electrons. The Morgan fingerprint density at radius 1 is 1.43 bits per heavy atom. The first kappa shape index (κ1) is 13.6. The molecule has 0 aliphatic carbocycles. The first-order valence-electron chi connectivity index (χ1n) is 3.74. The quantitative estimate of drug-likeness (QED) is 0.519. The molecule has 0 aliphatic rings. The molecule has 0 radical (unpaired) electrons. The Hall–Kier alpha value is -0.410. The maximum Gasteiger partial charge on any atom is 0.266 e. The highest BCUT2D eigenvalue weighted by atomic mass is 32.2. The average Bonchev–Trinajstić information content (AvgIpc) is 1.96. The van der Waals surface area contributed by atoms with E-state index in [9.17, 15) is 13.0 Å².